The predicted octanol–water partition coefficient (Wildman–Crippen LogP) is 2.24. The molecule has 0 saturated heterocycles. The summed E-state index contributed by atoms with van der Waals surface area (Å²) in [5, 5.41) is 5.50. The van der Waals surface area contributed by atoms with E-state index in [1.165, 1.54) is 17.9 Å². The molecule has 3 amide bonds. The number of carbonyl (C=O) groups excluding carboxylic acids is 3. The molecule has 0 spiro atoms. The first-order valence-corrected chi connectivity index (χ1v) is 8.55. The van der Waals surface area contributed by atoms with Crippen molar-refractivity contribution in [2.45, 2.75) is 0 Å². The van der Waals surface area contributed by atoms with E-state index in [0.29, 0.717) is 22.0 Å². The third-order valence-corrected chi connectivity index (χ3v) is 4.29. The van der Waals surface area contributed by atoms with E-state index in [0.717, 1.165) is 0 Å². The Balaban J connectivity index is 1.87. The summed E-state index contributed by atoms with van der Waals surface area (Å²) < 4.78 is 1.41. The van der Waals surface area contributed by atoms with Crippen LogP contribution in [-0.4, -0.2) is 34.3 Å². The number of carbonyl (C=O) groups is 3. The second-order valence-electron chi connectivity index (χ2n) is 5.74. The number of aromatic nitrogens is 2. The Morgan fingerprint density at radius 3 is 2.32 bits per heavy atom. The number of benzene rings is 2. The third kappa shape index (κ3) is 3.72. The summed E-state index contributed by atoms with van der Waals surface area (Å²) in [6.07, 6.45) is 1.34. The van der Waals surface area contributed by atoms with E-state index in [9.17, 15) is 14.4 Å². The fraction of sp³-hybridized carbons (Fsp3) is 0.0526. The van der Waals surface area contributed by atoms with Crippen LogP contribution >= 0.6 is 11.6 Å². The van der Waals surface area contributed by atoms with Crippen molar-refractivity contribution in [1.82, 2.24) is 14.9 Å². The number of anilines is 1. The first-order valence-electron chi connectivity index (χ1n) is 8.18. The number of nitrogens with two attached hydrogens (primary N) is 1. The molecule has 9 heteroatoms. The molecule has 0 saturated carbocycles. The molecular formula is C19H16ClN5O3. The molecule has 0 fully saturated rings. The summed E-state index contributed by atoms with van der Waals surface area (Å²) >= 11 is 6.03. The number of imidazole rings is 1. The summed E-state index contributed by atoms with van der Waals surface area (Å²) in [6, 6.07) is 13.3. The van der Waals surface area contributed by atoms with Crippen molar-refractivity contribution in [2.24, 2.45) is 5.73 Å². The van der Waals surface area contributed by atoms with E-state index < -0.39 is 11.8 Å². The maximum Gasteiger partial charge on any atom is 0.272 e. The highest BCUT2D eigenvalue weighted by molar-refractivity contribution is 6.34. The number of rotatable bonds is 5. The van der Waals surface area contributed by atoms with Crippen molar-refractivity contribution >= 4 is 35.0 Å². The molecule has 0 unspecified atom stereocenters. The fourth-order valence-corrected chi connectivity index (χ4v) is 2.83. The average Bonchev–Trinajstić information content (AvgIpc) is 3.13. The molecule has 2 aromatic carbocycles. The Morgan fingerprint density at radius 1 is 1.04 bits per heavy atom. The van der Waals surface area contributed by atoms with Gasteiger partial charge in [-0.1, -0.05) is 23.7 Å². The maximum absolute atomic E-state index is 12.3. The van der Waals surface area contributed by atoms with Crippen LogP contribution in [-0.2, 0) is 0 Å². The van der Waals surface area contributed by atoms with Crippen LogP contribution < -0.4 is 16.4 Å². The molecule has 1 aromatic heterocycles. The van der Waals surface area contributed by atoms with Crippen molar-refractivity contribution in [3.63, 3.8) is 0 Å². The molecule has 28 heavy (non-hydrogen) atoms. The molecule has 3 aromatic rings. The Labute approximate surface area is 165 Å². The van der Waals surface area contributed by atoms with Gasteiger partial charge in [-0.15, -0.1) is 0 Å². The number of hydrogen-bond donors (Lipinski definition) is 3. The van der Waals surface area contributed by atoms with Crippen LogP contribution in [0.3, 0.4) is 0 Å². The van der Waals surface area contributed by atoms with Gasteiger partial charge >= 0.3 is 0 Å². The van der Waals surface area contributed by atoms with Crippen molar-refractivity contribution in [2.75, 3.05) is 12.4 Å². The molecule has 8 nitrogen and oxygen atoms in total. The monoisotopic (exact) mass is 397 g/mol. The number of halogens is 1. The number of hydrogen-bond acceptors (Lipinski definition) is 4. The van der Waals surface area contributed by atoms with E-state index in [4.69, 9.17) is 17.3 Å². The van der Waals surface area contributed by atoms with E-state index >= 15 is 0 Å². The van der Waals surface area contributed by atoms with Crippen LogP contribution in [0.15, 0.2) is 54.9 Å². The van der Waals surface area contributed by atoms with Gasteiger partial charge in [0.1, 0.15) is 12.0 Å². The van der Waals surface area contributed by atoms with Crippen LogP contribution in [0.25, 0.3) is 5.69 Å². The van der Waals surface area contributed by atoms with Gasteiger partial charge in [-0.05, 0) is 36.4 Å². The summed E-state index contributed by atoms with van der Waals surface area (Å²) in [5.74, 6) is -1.65. The van der Waals surface area contributed by atoms with Crippen LogP contribution in [0.1, 0.15) is 31.3 Å². The minimum absolute atomic E-state index is 0.0350. The lowest BCUT2D eigenvalue weighted by atomic mass is 10.2. The predicted molar refractivity (Wildman–Crippen MR) is 105 cm³/mol. The summed E-state index contributed by atoms with van der Waals surface area (Å²) in [5.41, 5.74) is 6.75. The highest BCUT2D eigenvalue weighted by Crippen LogP contribution is 2.20. The Morgan fingerprint density at radius 2 is 1.71 bits per heavy atom. The second-order valence-corrected chi connectivity index (χ2v) is 6.14. The zero-order valence-electron chi connectivity index (χ0n) is 14.8. The van der Waals surface area contributed by atoms with Gasteiger partial charge in [-0.25, -0.2) is 4.98 Å². The molecule has 0 radical (unpaired) electrons. The summed E-state index contributed by atoms with van der Waals surface area (Å²) in [7, 11) is 1.43. The molecular weight excluding hydrogens is 382 g/mol. The van der Waals surface area contributed by atoms with Crippen molar-refractivity contribution in [3.05, 3.63) is 76.8 Å². The molecule has 3 rings (SSSR count). The average molecular weight is 398 g/mol. The van der Waals surface area contributed by atoms with Gasteiger partial charge < -0.3 is 16.4 Å². The zero-order chi connectivity index (χ0) is 20.3. The zero-order valence-corrected chi connectivity index (χ0v) is 15.5. The number of nitrogens with one attached hydrogen (secondary N) is 2. The van der Waals surface area contributed by atoms with Crippen LogP contribution in [0.2, 0.25) is 5.02 Å². The summed E-state index contributed by atoms with van der Waals surface area (Å²) in [6.45, 7) is 0. The maximum atomic E-state index is 12.3. The van der Waals surface area contributed by atoms with Gasteiger partial charge in [0, 0.05) is 18.4 Å². The van der Waals surface area contributed by atoms with Crippen LogP contribution in [0, 0.1) is 0 Å². The first kappa shape index (κ1) is 19.1. The van der Waals surface area contributed by atoms with Crippen molar-refractivity contribution < 1.29 is 14.4 Å². The summed E-state index contributed by atoms with van der Waals surface area (Å²) in [4.78, 5) is 40.0. The largest absolute Gasteiger partial charge is 0.364 e. The van der Waals surface area contributed by atoms with Gasteiger partial charge in [0.05, 0.1) is 10.6 Å². The molecule has 0 aliphatic carbocycles. The number of primary amides is 1. The quantitative estimate of drug-likeness (QED) is 0.611. The first-order chi connectivity index (χ1) is 13.4. The van der Waals surface area contributed by atoms with Crippen LogP contribution in [0.5, 0.6) is 0 Å². The van der Waals surface area contributed by atoms with Gasteiger partial charge in [-0.3, -0.25) is 19.0 Å². The van der Waals surface area contributed by atoms with Gasteiger partial charge in [-0.2, -0.15) is 0 Å². The second kappa shape index (κ2) is 7.93. The molecule has 0 aliphatic heterocycles. The lowest BCUT2D eigenvalue weighted by molar-refractivity contribution is 0.0937. The van der Waals surface area contributed by atoms with Gasteiger partial charge in [0.25, 0.3) is 17.7 Å². The van der Waals surface area contributed by atoms with Crippen molar-refractivity contribution in [1.29, 1.82) is 0 Å². The third-order valence-electron chi connectivity index (χ3n) is 3.96. The minimum atomic E-state index is -0.785. The highest BCUT2D eigenvalue weighted by atomic mass is 35.5. The van der Waals surface area contributed by atoms with Gasteiger partial charge in [0.15, 0.2) is 5.69 Å². The lowest BCUT2D eigenvalue weighted by Crippen LogP contribution is -2.25. The molecule has 0 bridgehead atoms. The fourth-order valence-electron chi connectivity index (χ4n) is 2.61. The topological polar surface area (TPSA) is 119 Å². The molecule has 4 N–H and O–H groups in total. The Kier molecular flexibility index (Phi) is 5.42. The van der Waals surface area contributed by atoms with E-state index in [1.807, 2.05) is 0 Å². The highest BCUT2D eigenvalue weighted by Gasteiger charge is 2.22. The Hall–Kier alpha value is -3.65. The Bertz CT molecular complexity index is 1060. The smallest absolute Gasteiger partial charge is 0.272 e. The molecule has 1 heterocycles. The van der Waals surface area contributed by atoms with Gasteiger partial charge in [0.2, 0.25) is 0 Å². The van der Waals surface area contributed by atoms with Crippen molar-refractivity contribution in [3.8, 4) is 5.69 Å². The number of amides is 3. The normalized spacial score (nSPS) is 10.4. The molecule has 142 valence electrons. The van der Waals surface area contributed by atoms with Crippen LogP contribution in [0.4, 0.5) is 5.69 Å². The van der Waals surface area contributed by atoms with E-state index in [-0.39, 0.29) is 17.3 Å². The van der Waals surface area contributed by atoms with E-state index in [2.05, 4.69) is 15.6 Å². The lowest BCUT2D eigenvalue weighted by Gasteiger charge is -2.10. The minimum Gasteiger partial charge on any atom is -0.364 e. The SMILES string of the molecule is CNC(=O)c1ncn(-c2ccc(NC(=O)c3ccccc3Cl)cc2)c1C(N)=O. The molecule has 0 atom stereocenters. The molecule has 0 aliphatic rings. The van der Waals surface area contributed by atoms with E-state index in [1.54, 1.807) is 48.5 Å². The standard InChI is InChI=1S/C19H16ClN5O3/c1-22-19(28)15-16(17(21)26)25(10-23-15)12-8-6-11(7-9-12)24-18(27)13-4-2-3-5-14(13)20/h2-10H,1H3,(H2,21,26)(H,22,28)(H,24,27). The number of nitrogens with zero attached hydrogens (tertiary/aromatic N) is 2.